The van der Waals surface area contributed by atoms with Gasteiger partial charge in [0.1, 0.15) is 0 Å². The fraction of sp³-hybridized carbons (Fsp3) is 0.118. The molecule has 0 unspecified atom stereocenters. The first-order valence-electron chi connectivity index (χ1n) is 7.89. The van der Waals surface area contributed by atoms with Gasteiger partial charge in [-0.25, -0.2) is 4.68 Å². The lowest BCUT2D eigenvalue weighted by Gasteiger charge is -2.09. The number of nitrogens with one attached hydrogen (secondary N) is 1. The van der Waals surface area contributed by atoms with Crippen molar-refractivity contribution in [1.29, 1.82) is 0 Å². The Morgan fingerprint density at radius 1 is 1.07 bits per heavy atom. The predicted octanol–water partition coefficient (Wildman–Crippen LogP) is 5.39. The Hall–Kier alpha value is -1.64. The minimum Gasteiger partial charge on any atom is -0.335 e. The summed E-state index contributed by atoms with van der Waals surface area (Å²) >= 11 is 25.5. The molecule has 1 aromatic heterocycles. The highest BCUT2D eigenvalue weighted by Gasteiger charge is 2.16. The number of amides is 1. The second kappa shape index (κ2) is 9.24. The SMILES string of the molecule is Nn1c(SCCC(=O)Nc2c(Cl)cccc2Cl)nnc1-c1ccc(Cl)cc1Cl. The van der Waals surface area contributed by atoms with Crippen LogP contribution in [0.3, 0.4) is 0 Å². The van der Waals surface area contributed by atoms with Crippen LogP contribution in [-0.4, -0.2) is 26.5 Å². The van der Waals surface area contributed by atoms with E-state index in [2.05, 4.69) is 15.5 Å². The molecule has 3 rings (SSSR count). The third-order valence-electron chi connectivity index (χ3n) is 3.62. The molecule has 3 aromatic rings. The van der Waals surface area contributed by atoms with Crippen LogP contribution < -0.4 is 11.2 Å². The molecule has 0 aliphatic carbocycles. The van der Waals surface area contributed by atoms with E-state index in [1.165, 1.54) is 16.4 Å². The Kier molecular flexibility index (Phi) is 6.95. The summed E-state index contributed by atoms with van der Waals surface area (Å²) in [4.78, 5) is 12.1. The van der Waals surface area contributed by atoms with Crippen LogP contribution in [0.1, 0.15) is 6.42 Å². The summed E-state index contributed by atoms with van der Waals surface area (Å²) in [5.41, 5.74) is 1.00. The summed E-state index contributed by atoms with van der Waals surface area (Å²) in [6.07, 6.45) is 0.204. The van der Waals surface area contributed by atoms with Gasteiger partial charge in [0, 0.05) is 22.8 Å². The molecule has 1 amide bonds. The molecule has 0 bridgehead atoms. The van der Waals surface area contributed by atoms with E-state index in [4.69, 9.17) is 52.2 Å². The van der Waals surface area contributed by atoms with Gasteiger partial charge in [0.2, 0.25) is 11.1 Å². The minimum atomic E-state index is -0.230. The zero-order valence-corrected chi connectivity index (χ0v) is 18.0. The largest absolute Gasteiger partial charge is 0.335 e. The number of aromatic nitrogens is 3. The normalized spacial score (nSPS) is 10.9. The maximum atomic E-state index is 12.1. The van der Waals surface area contributed by atoms with Crippen LogP contribution in [-0.2, 0) is 4.79 Å². The minimum absolute atomic E-state index is 0.204. The molecule has 0 aliphatic heterocycles. The molecule has 0 fully saturated rings. The Bertz CT molecular complexity index is 1010. The maximum absolute atomic E-state index is 12.1. The van der Waals surface area contributed by atoms with Gasteiger partial charge in [0.15, 0.2) is 5.82 Å². The first-order chi connectivity index (χ1) is 13.4. The van der Waals surface area contributed by atoms with E-state index in [0.29, 0.717) is 48.1 Å². The van der Waals surface area contributed by atoms with E-state index in [-0.39, 0.29) is 12.3 Å². The van der Waals surface area contributed by atoms with Crippen molar-refractivity contribution in [3.8, 4) is 11.4 Å². The molecule has 0 saturated heterocycles. The van der Waals surface area contributed by atoms with Crippen molar-refractivity contribution in [2.24, 2.45) is 0 Å². The smallest absolute Gasteiger partial charge is 0.225 e. The molecular formula is C17H13Cl4N5OS. The van der Waals surface area contributed by atoms with E-state index in [1.54, 1.807) is 36.4 Å². The van der Waals surface area contributed by atoms with Gasteiger partial charge >= 0.3 is 0 Å². The molecule has 2 aromatic carbocycles. The number of benzene rings is 2. The number of rotatable bonds is 6. The number of para-hydroxylation sites is 1. The van der Waals surface area contributed by atoms with Crippen molar-refractivity contribution < 1.29 is 4.79 Å². The van der Waals surface area contributed by atoms with Gasteiger partial charge in [0.25, 0.3) is 0 Å². The molecule has 0 spiro atoms. The molecule has 28 heavy (non-hydrogen) atoms. The maximum Gasteiger partial charge on any atom is 0.225 e. The summed E-state index contributed by atoms with van der Waals surface area (Å²) in [6, 6.07) is 10.0. The van der Waals surface area contributed by atoms with E-state index in [0.717, 1.165) is 0 Å². The summed E-state index contributed by atoms with van der Waals surface area (Å²) in [6.45, 7) is 0. The number of halogens is 4. The fourth-order valence-electron chi connectivity index (χ4n) is 2.28. The van der Waals surface area contributed by atoms with Crippen molar-refractivity contribution in [3.05, 3.63) is 56.5 Å². The fourth-order valence-corrected chi connectivity index (χ4v) is 4.06. The molecule has 146 valence electrons. The number of hydrogen-bond acceptors (Lipinski definition) is 5. The monoisotopic (exact) mass is 475 g/mol. The summed E-state index contributed by atoms with van der Waals surface area (Å²) in [5.74, 6) is 6.66. The van der Waals surface area contributed by atoms with Gasteiger partial charge in [-0.3, -0.25) is 4.79 Å². The van der Waals surface area contributed by atoms with Crippen LogP contribution in [0, 0.1) is 0 Å². The molecule has 0 atom stereocenters. The number of carbonyl (C=O) groups is 1. The number of nitrogens with two attached hydrogens (primary N) is 1. The van der Waals surface area contributed by atoms with Crippen molar-refractivity contribution in [2.75, 3.05) is 16.9 Å². The van der Waals surface area contributed by atoms with E-state index < -0.39 is 0 Å². The molecular weight excluding hydrogens is 464 g/mol. The van der Waals surface area contributed by atoms with Crippen LogP contribution in [0.4, 0.5) is 5.69 Å². The lowest BCUT2D eigenvalue weighted by Crippen LogP contribution is -2.14. The Labute approximate surface area is 185 Å². The second-order valence-electron chi connectivity index (χ2n) is 5.54. The lowest BCUT2D eigenvalue weighted by molar-refractivity contribution is -0.115. The van der Waals surface area contributed by atoms with Gasteiger partial charge < -0.3 is 11.2 Å². The van der Waals surface area contributed by atoms with Gasteiger partial charge in [-0.15, -0.1) is 10.2 Å². The van der Waals surface area contributed by atoms with Crippen molar-refractivity contribution in [3.63, 3.8) is 0 Å². The van der Waals surface area contributed by atoms with Crippen LogP contribution >= 0.6 is 58.2 Å². The van der Waals surface area contributed by atoms with E-state index >= 15 is 0 Å². The van der Waals surface area contributed by atoms with E-state index in [9.17, 15) is 4.79 Å². The van der Waals surface area contributed by atoms with Gasteiger partial charge in [-0.1, -0.05) is 64.2 Å². The zero-order valence-electron chi connectivity index (χ0n) is 14.1. The van der Waals surface area contributed by atoms with E-state index in [1.807, 2.05) is 0 Å². The number of thioether (sulfide) groups is 1. The van der Waals surface area contributed by atoms with Crippen LogP contribution in [0.2, 0.25) is 20.1 Å². The molecule has 11 heteroatoms. The lowest BCUT2D eigenvalue weighted by atomic mass is 10.2. The van der Waals surface area contributed by atoms with Gasteiger partial charge in [-0.05, 0) is 30.3 Å². The molecule has 3 N–H and O–H groups in total. The number of nitrogen functional groups attached to an aromatic ring is 1. The quantitative estimate of drug-likeness (QED) is 0.367. The summed E-state index contributed by atoms with van der Waals surface area (Å²) in [7, 11) is 0. The first-order valence-corrected chi connectivity index (χ1v) is 10.4. The topological polar surface area (TPSA) is 85.8 Å². The van der Waals surface area contributed by atoms with Crippen molar-refractivity contribution >= 4 is 69.8 Å². The first kappa shape index (κ1) is 21.1. The number of hydrogen-bond donors (Lipinski definition) is 2. The average molecular weight is 477 g/mol. The summed E-state index contributed by atoms with van der Waals surface area (Å²) in [5, 5.41) is 12.9. The zero-order chi connectivity index (χ0) is 20.3. The highest BCUT2D eigenvalue weighted by atomic mass is 35.5. The highest BCUT2D eigenvalue weighted by Crippen LogP contribution is 2.31. The standard InChI is InChI=1S/C17H13Cl4N5OS/c18-9-4-5-10(13(21)8-9)16-24-25-17(26(16)22)28-7-6-14(27)23-15-11(19)2-1-3-12(15)20/h1-5,8H,6-7,22H2,(H,23,27). The molecule has 6 nitrogen and oxygen atoms in total. The van der Waals surface area contributed by atoms with Crippen LogP contribution in [0.25, 0.3) is 11.4 Å². The van der Waals surface area contributed by atoms with Crippen LogP contribution in [0.15, 0.2) is 41.6 Å². The number of nitrogens with zero attached hydrogens (tertiary/aromatic N) is 3. The Morgan fingerprint density at radius 2 is 1.79 bits per heavy atom. The van der Waals surface area contributed by atoms with Gasteiger partial charge in [-0.2, -0.15) is 0 Å². The molecule has 1 heterocycles. The van der Waals surface area contributed by atoms with Crippen molar-refractivity contribution in [2.45, 2.75) is 11.6 Å². The Balaban J connectivity index is 1.61. The second-order valence-corrected chi connectivity index (χ2v) is 8.26. The number of carbonyl (C=O) groups excluding carboxylic acids is 1. The number of anilines is 1. The summed E-state index contributed by atoms with van der Waals surface area (Å²) < 4.78 is 1.32. The van der Waals surface area contributed by atoms with Crippen LogP contribution in [0.5, 0.6) is 0 Å². The molecule has 0 radical (unpaired) electrons. The van der Waals surface area contributed by atoms with Crippen molar-refractivity contribution in [1.82, 2.24) is 14.9 Å². The third kappa shape index (κ3) is 4.85. The average Bonchev–Trinajstić information content (AvgIpc) is 2.99. The third-order valence-corrected chi connectivity index (χ3v) is 5.75. The molecule has 0 aliphatic rings. The highest BCUT2D eigenvalue weighted by molar-refractivity contribution is 7.99. The van der Waals surface area contributed by atoms with Gasteiger partial charge in [0.05, 0.1) is 20.8 Å². The molecule has 0 saturated carbocycles. The Morgan fingerprint density at radius 3 is 2.46 bits per heavy atom. The predicted molar refractivity (Wildman–Crippen MR) is 116 cm³/mol.